The fourth-order valence-corrected chi connectivity index (χ4v) is 7.40. The van der Waals surface area contributed by atoms with Crippen molar-refractivity contribution in [1.82, 2.24) is 10.3 Å². The highest BCUT2D eigenvalue weighted by Gasteiger charge is 2.59. The molecule has 0 aliphatic heterocycles. The molecule has 0 spiro atoms. The lowest BCUT2D eigenvalue weighted by molar-refractivity contribution is -0.118. The smallest absolute Gasteiger partial charge is 0.134 e. The summed E-state index contributed by atoms with van der Waals surface area (Å²) < 4.78 is 0. The molecule has 6 rings (SSSR count). The highest BCUT2D eigenvalue weighted by Crippen LogP contribution is 2.66. The number of pyridine rings is 1. The molecule has 3 heteroatoms. The Morgan fingerprint density at radius 1 is 1.08 bits per heavy atom. The predicted octanol–water partition coefficient (Wildman–Crippen LogP) is 5.73. The van der Waals surface area contributed by atoms with Crippen LogP contribution in [0, 0.1) is 16.7 Å². The Morgan fingerprint density at radius 3 is 2.52 bits per heavy atom. The molecule has 132 valence electrons. The van der Waals surface area contributed by atoms with Gasteiger partial charge in [-0.2, -0.15) is 0 Å². The van der Waals surface area contributed by atoms with Gasteiger partial charge in [-0.3, -0.25) is 0 Å². The van der Waals surface area contributed by atoms with E-state index in [4.69, 9.17) is 11.6 Å². The van der Waals surface area contributed by atoms with Gasteiger partial charge in [-0.1, -0.05) is 43.6 Å². The van der Waals surface area contributed by atoms with Crippen LogP contribution >= 0.6 is 11.6 Å². The van der Waals surface area contributed by atoms with E-state index in [-0.39, 0.29) is 0 Å². The summed E-state index contributed by atoms with van der Waals surface area (Å²) in [6, 6.07) is 10.4. The van der Waals surface area contributed by atoms with E-state index in [2.05, 4.69) is 42.3 Å². The fraction of sp³-hybridized carbons (Fsp3) is 0.591. The van der Waals surface area contributed by atoms with E-state index < -0.39 is 0 Å². The molecule has 1 heterocycles. The fourth-order valence-electron chi connectivity index (χ4n) is 7.19. The molecule has 4 aliphatic carbocycles. The van der Waals surface area contributed by atoms with Crippen LogP contribution in [0.25, 0.3) is 10.9 Å². The van der Waals surface area contributed by atoms with Crippen LogP contribution in [0.2, 0.25) is 5.15 Å². The minimum atomic E-state index is 0.303. The average molecular weight is 355 g/mol. The van der Waals surface area contributed by atoms with E-state index in [0.717, 1.165) is 23.5 Å². The van der Waals surface area contributed by atoms with Crippen molar-refractivity contribution in [3.8, 4) is 0 Å². The first-order chi connectivity index (χ1) is 11.9. The molecule has 0 saturated heterocycles. The first kappa shape index (κ1) is 16.1. The molecule has 1 N–H and O–H groups in total. The number of aromatic nitrogens is 1. The van der Waals surface area contributed by atoms with Crippen LogP contribution in [0.15, 0.2) is 30.3 Å². The molecule has 0 radical (unpaired) electrons. The molecule has 2 nitrogen and oxygen atoms in total. The van der Waals surface area contributed by atoms with Crippen LogP contribution < -0.4 is 5.32 Å². The Morgan fingerprint density at radius 2 is 1.80 bits per heavy atom. The number of halogens is 1. The molecule has 2 atom stereocenters. The van der Waals surface area contributed by atoms with Crippen LogP contribution in [-0.2, 0) is 6.54 Å². The maximum absolute atomic E-state index is 6.49. The van der Waals surface area contributed by atoms with E-state index >= 15 is 0 Å². The standard InChI is InChI=1S/C22H27ClN2/c1-20-8-15-9-21(2,12-20)14-22(10-15,13-20)24-11-17-7-16-5-3-4-6-18(16)25-19(17)23/h3-7,15,24H,8-14H2,1-2H3. The Bertz CT molecular complexity index is 827. The SMILES string of the molecule is CC12CC3CC(C)(C1)CC(NCc1cc4ccccc4nc1Cl)(C3)C2. The zero-order valence-corrected chi connectivity index (χ0v) is 16.0. The quantitative estimate of drug-likeness (QED) is 0.712. The number of benzene rings is 1. The first-order valence-corrected chi connectivity index (χ1v) is 10.0. The van der Waals surface area contributed by atoms with E-state index in [9.17, 15) is 0 Å². The average Bonchev–Trinajstić information content (AvgIpc) is 2.49. The molecule has 0 amide bonds. The van der Waals surface area contributed by atoms with Crippen molar-refractivity contribution in [2.45, 2.75) is 64.5 Å². The van der Waals surface area contributed by atoms with Gasteiger partial charge in [0, 0.05) is 23.0 Å². The molecule has 2 aromatic rings. The van der Waals surface area contributed by atoms with Gasteiger partial charge in [-0.15, -0.1) is 0 Å². The van der Waals surface area contributed by atoms with Gasteiger partial charge < -0.3 is 5.32 Å². The van der Waals surface area contributed by atoms with Crippen LogP contribution in [0.3, 0.4) is 0 Å². The Hall–Kier alpha value is -1.12. The number of nitrogens with zero attached hydrogens (tertiary/aromatic N) is 1. The first-order valence-electron chi connectivity index (χ1n) is 9.65. The minimum Gasteiger partial charge on any atom is -0.307 e. The number of hydrogen-bond acceptors (Lipinski definition) is 2. The van der Waals surface area contributed by atoms with Crippen molar-refractivity contribution < 1.29 is 0 Å². The van der Waals surface area contributed by atoms with Gasteiger partial charge in [-0.25, -0.2) is 4.98 Å². The third-order valence-electron chi connectivity index (χ3n) is 7.03. The molecular formula is C22H27ClN2. The monoisotopic (exact) mass is 354 g/mol. The normalized spacial score (nSPS) is 39.2. The molecule has 2 unspecified atom stereocenters. The summed E-state index contributed by atoms with van der Waals surface area (Å²) in [5.41, 5.74) is 3.48. The topological polar surface area (TPSA) is 24.9 Å². The third-order valence-corrected chi connectivity index (χ3v) is 7.36. The number of para-hydroxylation sites is 1. The lowest BCUT2D eigenvalue weighted by atomic mass is 9.43. The molecule has 4 aliphatic rings. The van der Waals surface area contributed by atoms with Gasteiger partial charge >= 0.3 is 0 Å². The van der Waals surface area contributed by atoms with E-state index in [1.165, 1.54) is 43.9 Å². The van der Waals surface area contributed by atoms with Crippen LogP contribution in [0.4, 0.5) is 0 Å². The lowest BCUT2D eigenvalue weighted by Crippen LogP contribution is -2.63. The maximum atomic E-state index is 6.49. The zero-order chi connectivity index (χ0) is 17.3. The lowest BCUT2D eigenvalue weighted by Gasteiger charge is -2.65. The molecule has 4 bridgehead atoms. The van der Waals surface area contributed by atoms with E-state index in [0.29, 0.717) is 21.5 Å². The largest absolute Gasteiger partial charge is 0.307 e. The van der Waals surface area contributed by atoms with Gasteiger partial charge in [-0.05, 0) is 67.4 Å². The Balaban J connectivity index is 1.42. The third kappa shape index (κ3) is 2.69. The maximum Gasteiger partial charge on any atom is 0.134 e. The molecule has 25 heavy (non-hydrogen) atoms. The van der Waals surface area contributed by atoms with E-state index in [1.807, 2.05) is 12.1 Å². The molecule has 4 saturated carbocycles. The molecule has 1 aromatic carbocycles. The van der Waals surface area contributed by atoms with Crippen molar-refractivity contribution in [2.75, 3.05) is 0 Å². The second-order valence-electron chi connectivity index (χ2n) is 9.89. The van der Waals surface area contributed by atoms with Crippen molar-refractivity contribution in [2.24, 2.45) is 16.7 Å². The zero-order valence-electron chi connectivity index (χ0n) is 15.2. The van der Waals surface area contributed by atoms with E-state index in [1.54, 1.807) is 0 Å². The summed E-state index contributed by atoms with van der Waals surface area (Å²) in [4.78, 5) is 4.59. The van der Waals surface area contributed by atoms with Crippen LogP contribution in [0.1, 0.15) is 57.9 Å². The van der Waals surface area contributed by atoms with Crippen molar-refractivity contribution >= 4 is 22.5 Å². The van der Waals surface area contributed by atoms with Crippen molar-refractivity contribution in [1.29, 1.82) is 0 Å². The van der Waals surface area contributed by atoms with Gasteiger partial charge in [0.25, 0.3) is 0 Å². The van der Waals surface area contributed by atoms with Crippen LogP contribution in [-0.4, -0.2) is 10.5 Å². The Labute approximate surface area is 155 Å². The summed E-state index contributed by atoms with van der Waals surface area (Å²) in [5.74, 6) is 0.906. The summed E-state index contributed by atoms with van der Waals surface area (Å²) in [6.45, 7) is 5.88. The molecular weight excluding hydrogens is 328 g/mol. The van der Waals surface area contributed by atoms with Crippen LogP contribution in [0.5, 0.6) is 0 Å². The highest BCUT2D eigenvalue weighted by molar-refractivity contribution is 6.30. The second kappa shape index (κ2) is 5.20. The number of nitrogens with one attached hydrogen (secondary N) is 1. The summed E-state index contributed by atoms with van der Waals surface area (Å²) >= 11 is 6.49. The summed E-state index contributed by atoms with van der Waals surface area (Å²) in [6.07, 6.45) is 8.28. The van der Waals surface area contributed by atoms with Gasteiger partial charge in [0.2, 0.25) is 0 Å². The number of rotatable bonds is 3. The van der Waals surface area contributed by atoms with Crippen molar-refractivity contribution in [3.63, 3.8) is 0 Å². The van der Waals surface area contributed by atoms with Gasteiger partial charge in [0.1, 0.15) is 5.15 Å². The number of hydrogen-bond donors (Lipinski definition) is 1. The van der Waals surface area contributed by atoms with Crippen molar-refractivity contribution in [3.05, 3.63) is 41.0 Å². The summed E-state index contributed by atoms with van der Waals surface area (Å²) in [7, 11) is 0. The minimum absolute atomic E-state index is 0.303. The number of fused-ring (bicyclic) bond motifs is 1. The molecule has 1 aromatic heterocycles. The van der Waals surface area contributed by atoms with Gasteiger partial charge in [0.15, 0.2) is 0 Å². The van der Waals surface area contributed by atoms with Gasteiger partial charge in [0.05, 0.1) is 5.52 Å². The summed E-state index contributed by atoms with van der Waals surface area (Å²) in [5, 5.41) is 5.80. The second-order valence-corrected chi connectivity index (χ2v) is 10.3. The highest BCUT2D eigenvalue weighted by atomic mass is 35.5. The molecule has 4 fully saturated rings. The predicted molar refractivity (Wildman–Crippen MR) is 104 cm³/mol. The Kier molecular flexibility index (Phi) is 3.35.